The van der Waals surface area contributed by atoms with Crippen LogP contribution in [0.2, 0.25) is 0 Å². The largest absolute Gasteiger partial charge is 0.394 e. The van der Waals surface area contributed by atoms with E-state index in [9.17, 15) is 9.90 Å². The smallest absolute Gasteiger partial charge is 0.222 e. The minimum atomic E-state index is -0.456. The van der Waals surface area contributed by atoms with Gasteiger partial charge in [-0.15, -0.1) is 0 Å². The summed E-state index contributed by atoms with van der Waals surface area (Å²) in [5.74, 6) is 0.771. The molecule has 4 heteroatoms. The van der Waals surface area contributed by atoms with Gasteiger partial charge in [-0.25, -0.2) is 0 Å². The quantitative estimate of drug-likeness (QED) is 0.756. The third-order valence-electron chi connectivity index (χ3n) is 3.83. The summed E-state index contributed by atoms with van der Waals surface area (Å²) < 4.78 is 0. The Labute approximate surface area is 104 Å². The fourth-order valence-corrected chi connectivity index (χ4v) is 2.11. The predicted molar refractivity (Wildman–Crippen MR) is 68.8 cm³/mol. The Bertz CT molecular complexity index is 248. The van der Waals surface area contributed by atoms with Gasteiger partial charge in [0.25, 0.3) is 0 Å². The second-order valence-electron chi connectivity index (χ2n) is 5.67. The van der Waals surface area contributed by atoms with Crippen LogP contribution >= 0.6 is 0 Å². The molecule has 0 aromatic rings. The lowest BCUT2D eigenvalue weighted by Gasteiger charge is -2.34. The van der Waals surface area contributed by atoms with Gasteiger partial charge in [0.15, 0.2) is 0 Å². The first kappa shape index (κ1) is 14.5. The Morgan fingerprint density at radius 3 is 2.76 bits per heavy atom. The van der Waals surface area contributed by atoms with E-state index in [1.165, 1.54) is 12.8 Å². The molecule has 0 aromatic heterocycles. The van der Waals surface area contributed by atoms with Crippen LogP contribution in [-0.2, 0) is 4.79 Å². The molecule has 1 rings (SSSR count). The molecule has 1 unspecified atom stereocenters. The van der Waals surface area contributed by atoms with Crippen LogP contribution in [0.4, 0.5) is 0 Å². The molecule has 1 aliphatic heterocycles. The van der Waals surface area contributed by atoms with E-state index in [4.69, 9.17) is 0 Å². The summed E-state index contributed by atoms with van der Waals surface area (Å²) in [5, 5.41) is 12.6. The van der Waals surface area contributed by atoms with Gasteiger partial charge in [0.2, 0.25) is 5.91 Å². The third kappa shape index (κ3) is 4.28. The van der Waals surface area contributed by atoms with Crippen molar-refractivity contribution in [2.75, 3.05) is 26.7 Å². The van der Waals surface area contributed by atoms with Crippen molar-refractivity contribution in [3.63, 3.8) is 0 Å². The lowest BCUT2D eigenvalue weighted by atomic mass is 9.94. The van der Waals surface area contributed by atoms with E-state index in [0.29, 0.717) is 12.3 Å². The van der Waals surface area contributed by atoms with Crippen LogP contribution in [0, 0.1) is 5.92 Å². The highest BCUT2D eigenvalue weighted by Gasteiger charge is 2.27. The third-order valence-corrected chi connectivity index (χ3v) is 3.83. The molecule has 1 fully saturated rings. The number of rotatable bonds is 5. The van der Waals surface area contributed by atoms with Gasteiger partial charge in [-0.2, -0.15) is 0 Å². The van der Waals surface area contributed by atoms with E-state index in [1.807, 2.05) is 13.8 Å². The number of piperidine rings is 1. The van der Waals surface area contributed by atoms with Crippen LogP contribution in [-0.4, -0.2) is 48.2 Å². The summed E-state index contributed by atoms with van der Waals surface area (Å²) in [6.07, 6.45) is 3.99. The molecule has 0 aliphatic carbocycles. The van der Waals surface area contributed by atoms with Crippen molar-refractivity contribution >= 4 is 5.91 Å². The van der Waals surface area contributed by atoms with Crippen LogP contribution < -0.4 is 5.32 Å². The van der Waals surface area contributed by atoms with Gasteiger partial charge in [-0.3, -0.25) is 4.79 Å². The van der Waals surface area contributed by atoms with Gasteiger partial charge in [-0.05, 0) is 52.1 Å². The Hall–Kier alpha value is -0.610. The van der Waals surface area contributed by atoms with Crippen LogP contribution in [0.15, 0.2) is 0 Å². The highest BCUT2D eigenvalue weighted by molar-refractivity contribution is 5.76. The van der Waals surface area contributed by atoms with Gasteiger partial charge in [0.05, 0.1) is 12.1 Å². The highest BCUT2D eigenvalue weighted by atomic mass is 16.3. The number of amides is 1. The predicted octanol–water partition coefficient (Wildman–Crippen LogP) is 0.995. The number of nitrogens with one attached hydrogen (secondary N) is 1. The lowest BCUT2D eigenvalue weighted by Crippen LogP contribution is -2.47. The van der Waals surface area contributed by atoms with Gasteiger partial charge < -0.3 is 15.3 Å². The van der Waals surface area contributed by atoms with E-state index in [2.05, 4.69) is 5.32 Å². The fourth-order valence-electron chi connectivity index (χ4n) is 2.11. The monoisotopic (exact) mass is 242 g/mol. The minimum absolute atomic E-state index is 0.000222. The van der Waals surface area contributed by atoms with E-state index in [-0.39, 0.29) is 12.5 Å². The maximum atomic E-state index is 12.0. The van der Waals surface area contributed by atoms with Crippen molar-refractivity contribution in [1.82, 2.24) is 10.2 Å². The second kappa shape index (κ2) is 6.36. The minimum Gasteiger partial charge on any atom is -0.394 e. The second-order valence-corrected chi connectivity index (χ2v) is 5.67. The molecule has 4 nitrogen and oxygen atoms in total. The molecule has 0 radical (unpaired) electrons. The first-order valence-electron chi connectivity index (χ1n) is 6.55. The molecule has 1 aliphatic rings. The van der Waals surface area contributed by atoms with Crippen molar-refractivity contribution in [1.29, 1.82) is 0 Å². The molecular weight excluding hydrogens is 216 g/mol. The summed E-state index contributed by atoms with van der Waals surface area (Å²) in [4.78, 5) is 13.7. The molecule has 0 aromatic carbocycles. The van der Waals surface area contributed by atoms with Crippen LogP contribution in [0.5, 0.6) is 0 Å². The zero-order valence-electron chi connectivity index (χ0n) is 11.3. The fraction of sp³-hybridized carbons (Fsp3) is 0.923. The molecule has 1 heterocycles. The zero-order valence-corrected chi connectivity index (χ0v) is 11.3. The summed E-state index contributed by atoms with van der Waals surface area (Å²) in [6.45, 7) is 5.92. The molecule has 1 saturated heterocycles. The van der Waals surface area contributed by atoms with Crippen molar-refractivity contribution in [3.05, 3.63) is 0 Å². The van der Waals surface area contributed by atoms with Gasteiger partial charge in [0.1, 0.15) is 0 Å². The molecule has 0 saturated carbocycles. The topological polar surface area (TPSA) is 52.6 Å². The number of carbonyl (C=O) groups is 1. The Kier molecular flexibility index (Phi) is 5.40. The lowest BCUT2D eigenvalue weighted by molar-refractivity contribution is -0.136. The maximum Gasteiger partial charge on any atom is 0.222 e. The van der Waals surface area contributed by atoms with Gasteiger partial charge >= 0.3 is 0 Å². The van der Waals surface area contributed by atoms with E-state index in [1.54, 1.807) is 11.9 Å². The van der Waals surface area contributed by atoms with Crippen LogP contribution in [0.1, 0.15) is 39.5 Å². The van der Waals surface area contributed by atoms with Gasteiger partial charge in [0, 0.05) is 13.5 Å². The van der Waals surface area contributed by atoms with Crippen LogP contribution in [0.25, 0.3) is 0 Å². The molecule has 0 bridgehead atoms. The number of aliphatic hydroxyl groups is 1. The summed E-state index contributed by atoms with van der Waals surface area (Å²) in [5.41, 5.74) is -0.456. The average molecular weight is 242 g/mol. The summed E-state index contributed by atoms with van der Waals surface area (Å²) >= 11 is 0. The maximum absolute atomic E-state index is 12.0. The zero-order chi connectivity index (χ0) is 12.9. The van der Waals surface area contributed by atoms with E-state index >= 15 is 0 Å². The molecule has 0 spiro atoms. The molecule has 17 heavy (non-hydrogen) atoms. The van der Waals surface area contributed by atoms with Crippen LogP contribution in [0.3, 0.4) is 0 Å². The first-order chi connectivity index (χ1) is 7.97. The normalized spacial score (nSPS) is 21.3. The molecule has 1 atom stereocenters. The van der Waals surface area contributed by atoms with E-state index in [0.717, 1.165) is 19.5 Å². The van der Waals surface area contributed by atoms with Crippen molar-refractivity contribution in [2.24, 2.45) is 5.92 Å². The Morgan fingerprint density at radius 2 is 2.24 bits per heavy atom. The number of nitrogens with zero attached hydrogens (tertiary/aromatic N) is 1. The van der Waals surface area contributed by atoms with Crippen molar-refractivity contribution in [2.45, 2.75) is 45.1 Å². The average Bonchev–Trinajstić information content (AvgIpc) is 2.36. The Balaban J connectivity index is 2.33. The highest BCUT2D eigenvalue weighted by Crippen LogP contribution is 2.18. The number of hydrogen-bond donors (Lipinski definition) is 2. The van der Waals surface area contributed by atoms with Crippen molar-refractivity contribution < 1.29 is 9.90 Å². The molecule has 100 valence electrons. The SMILES string of the molecule is CN(C(=O)CCC1CCCNC1)C(C)(C)CO. The molecule has 1 amide bonds. The molecule has 2 N–H and O–H groups in total. The molecular formula is C13H26N2O2. The van der Waals surface area contributed by atoms with Gasteiger partial charge in [-0.1, -0.05) is 0 Å². The van der Waals surface area contributed by atoms with Crippen molar-refractivity contribution in [3.8, 4) is 0 Å². The summed E-state index contributed by atoms with van der Waals surface area (Å²) in [6, 6.07) is 0. The number of likely N-dealkylation sites (N-methyl/N-ethyl adjacent to an activating group) is 1. The first-order valence-corrected chi connectivity index (χ1v) is 6.55. The number of aliphatic hydroxyl groups excluding tert-OH is 1. The Morgan fingerprint density at radius 1 is 1.53 bits per heavy atom. The summed E-state index contributed by atoms with van der Waals surface area (Å²) in [7, 11) is 1.78. The standard InChI is InChI=1S/C13H26N2O2/c1-13(2,10-16)15(3)12(17)7-6-11-5-4-8-14-9-11/h11,14,16H,4-10H2,1-3H3. The number of carbonyl (C=O) groups excluding carboxylic acids is 1. The number of hydrogen-bond acceptors (Lipinski definition) is 3. The van der Waals surface area contributed by atoms with E-state index < -0.39 is 5.54 Å².